The molecule has 9 nitrogen and oxygen atoms in total. The molecule has 0 aliphatic rings. The van der Waals surface area contributed by atoms with Crippen LogP contribution in [0.2, 0.25) is 0 Å². The van der Waals surface area contributed by atoms with Crippen molar-refractivity contribution in [1.82, 2.24) is 15.0 Å². The first-order chi connectivity index (χ1) is 16.6. The van der Waals surface area contributed by atoms with Gasteiger partial charge in [-0.15, -0.1) is 15.7 Å². The molecule has 11 heteroatoms. The van der Waals surface area contributed by atoms with Crippen molar-refractivity contribution in [2.24, 2.45) is 4.36 Å². The maximum absolute atomic E-state index is 12.2. The highest BCUT2D eigenvalue weighted by Gasteiger charge is 2.11. The number of hydrogen-bond acceptors (Lipinski definition) is 9. The van der Waals surface area contributed by atoms with Crippen LogP contribution in [0.4, 0.5) is 22.2 Å². The van der Waals surface area contributed by atoms with Crippen LogP contribution in [0.3, 0.4) is 0 Å². The molecular formula is C23H22N6O3S2. The van der Waals surface area contributed by atoms with Crippen LogP contribution in [0.25, 0.3) is 10.4 Å². The fourth-order valence-corrected chi connectivity index (χ4v) is 4.42. The zero-order valence-electron chi connectivity index (χ0n) is 18.2. The summed E-state index contributed by atoms with van der Waals surface area (Å²) in [5, 5.41) is 8.55. The van der Waals surface area contributed by atoms with E-state index in [9.17, 15) is 9.00 Å². The fraction of sp³-hybridized carbons (Fsp3) is 0.130. The average molecular weight is 495 g/mol. The maximum atomic E-state index is 12.2. The Hall–Kier alpha value is -3.83. The normalized spacial score (nSPS) is 11.7. The molecule has 0 saturated heterocycles. The number of benzene rings is 1. The number of ether oxygens (including phenoxy) is 1. The second-order valence-corrected chi connectivity index (χ2v) is 9.10. The van der Waals surface area contributed by atoms with E-state index in [0.29, 0.717) is 28.9 Å². The number of nitrogens with zero attached hydrogens (tertiary/aromatic N) is 4. The number of amides is 1. The molecule has 2 N–H and O–H groups in total. The van der Waals surface area contributed by atoms with Crippen molar-refractivity contribution in [3.05, 3.63) is 78.1 Å². The van der Waals surface area contributed by atoms with E-state index >= 15 is 0 Å². The van der Waals surface area contributed by atoms with Crippen LogP contribution in [0.15, 0.2) is 81.8 Å². The monoisotopic (exact) mass is 494 g/mol. The van der Waals surface area contributed by atoms with Crippen LogP contribution in [0.1, 0.15) is 12.5 Å². The molecule has 1 amide bonds. The first-order valence-electron chi connectivity index (χ1n) is 10.4. The molecule has 3 aromatic heterocycles. The summed E-state index contributed by atoms with van der Waals surface area (Å²) in [5.41, 5.74) is 2.69. The van der Waals surface area contributed by atoms with Gasteiger partial charge >= 0.3 is 6.09 Å². The number of thiophene rings is 1. The van der Waals surface area contributed by atoms with Crippen LogP contribution in [-0.4, -0.2) is 31.9 Å². The predicted octanol–water partition coefficient (Wildman–Crippen LogP) is 5.14. The van der Waals surface area contributed by atoms with Gasteiger partial charge in [0.2, 0.25) is 5.95 Å². The van der Waals surface area contributed by atoms with Crippen molar-refractivity contribution in [3.63, 3.8) is 0 Å². The standard InChI is InChI=1S/C23H22N6O3S2/c1-2-32-23(30)29-34(31)18-7-5-17(6-8-18)27-22-26-15-19(20-4-3-13-33-20)21(28-22)25-14-16-9-11-24-12-10-16/h3-13,15,34H,2,14H2,1H3,(H2,25,26,27,28). The fourth-order valence-electron chi connectivity index (χ4n) is 2.96. The molecule has 0 bridgehead atoms. The Morgan fingerprint density at radius 2 is 1.94 bits per heavy atom. The van der Waals surface area contributed by atoms with Crippen molar-refractivity contribution in [2.45, 2.75) is 18.4 Å². The van der Waals surface area contributed by atoms with Crippen molar-refractivity contribution in [1.29, 1.82) is 0 Å². The van der Waals surface area contributed by atoms with Gasteiger partial charge in [0.15, 0.2) is 0 Å². The van der Waals surface area contributed by atoms with E-state index in [2.05, 4.69) is 29.9 Å². The van der Waals surface area contributed by atoms with Gasteiger partial charge < -0.3 is 15.4 Å². The van der Waals surface area contributed by atoms with Gasteiger partial charge in [-0.25, -0.2) is 14.0 Å². The molecule has 3 heterocycles. The molecule has 0 aliphatic heterocycles. The second kappa shape index (κ2) is 11.3. The van der Waals surface area contributed by atoms with Gasteiger partial charge in [-0.2, -0.15) is 4.98 Å². The zero-order valence-corrected chi connectivity index (χ0v) is 19.9. The molecule has 0 aliphatic carbocycles. The number of aromatic nitrogens is 3. The number of anilines is 3. The van der Waals surface area contributed by atoms with E-state index in [-0.39, 0.29) is 6.61 Å². The number of thiol groups is 1. The van der Waals surface area contributed by atoms with Crippen LogP contribution in [0.5, 0.6) is 0 Å². The second-order valence-electron chi connectivity index (χ2n) is 6.89. The number of carbonyl (C=O) groups is 1. The zero-order chi connectivity index (χ0) is 23.8. The maximum Gasteiger partial charge on any atom is 0.441 e. The van der Waals surface area contributed by atoms with Gasteiger partial charge in [0, 0.05) is 40.6 Å². The van der Waals surface area contributed by atoms with Crippen molar-refractivity contribution in [2.75, 3.05) is 17.2 Å². The lowest BCUT2D eigenvalue weighted by Gasteiger charge is -2.12. The van der Waals surface area contributed by atoms with Crippen molar-refractivity contribution in [3.8, 4) is 10.4 Å². The third-order valence-electron chi connectivity index (χ3n) is 4.57. The average Bonchev–Trinajstić information content (AvgIpc) is 3.39. The van der Waals surface area contributed by atoms with E-state index in [1.165, 1.54) is 0 Å². The SMILES string of the molecule is CCOC(=O)/N=[SH](=O)/c1ccc(Nc2ncc(-c3cccs3)c(NCc3ccncc3)n2)cc1. The minimum absolute atomic E-state index is 0.180. The first-order valence-corrected chi connectivity index (χ1v) is 12.5. The number of rotatable bonds is 8. The summed E-state index contributed by atoms with van der Waals surface area (Å²) >= 11 is 1.61. The molecule has 1 unspecified atom stereocenters. The van der Waals surface area contributed by atoms with Gasteiger partial charge in [-0.3, -0.25) is 4.98 Å². The Morgan fingerprint density at radius 1 is 1.15 bits per heavy atom. The quantitative estimate of drug-likeness (QED) is 0.288. The highest BCUT2D eigenvalue weighted by Crippen LogP contribution is 2.31. The summed E-state index contributed by atoms with van der Waals surface area (Å²) in [6.45, 7) is 2.43. The van der Waals surface area contributed by atoms with E-state index in [4.69, 9.17) is 4.74 Å². The molecule has 1 aromatic carbocycles. The topological polar surface area (TPSA) is 118 Å². The minimum atomic E-state index is -2.23. The molecular weight excluding hydrogens is 472 g/mol. The highest BCUT2D eigenvalue weighted by atomic mass is 32.2. The molecule has 0 fully saturated rings. The molecule has 0 saturated carbocycles. The van der Waals surface area contributed by atoms with Gasteiger partial charge in [0.1, 0.15) is 5.82 Å². The van der Waals surface area contributed by atoms with E-state index in [1.807, 2.05) is 29.6 Å². The summed E-state index contributed by atoms with van der Waals surface area (Å²) in [7, 11) is -2.23. The molecule has 0 spiro atoms. The molecule has 1 atom stereocenters. The number of pyridine rings is 1. The van der Waals surface area contributed by atoms with Gasteiger partial charge in [-0.05, 0) is 60.3 Å². The Morgan fingerprint density at radius 3 is 2.65 bits per heavy atom. The Balaban J connectivity index is 1.52. The molecule has 34 heavy (non-hydrogen) atoms. The van der Waals surface area contributed by atoms with E-state index in [0.717, 1.165) is 16.0 Å². The van der Waals surface area contributed by atoms with Crippen LogP contribution in [-0.2, 0) is 21.9 Å². The number of nitrogens with one attached hydrogen (secondary N) is 2. The summed E-state index contributed by atoms with van der Waals surface area (Å²) in [6.07, 6.45) is 4.44. The van der Waals surface area contributed by atoms with Crippen LogP contribution < -0.4 is 10.6 Å². The van der Waals surface area contributed by atoms with Gasteiger partial charge in [-0.1, -0.05) is 6.07 Å². The first kappa shape index (κ1) is 23.3. The number of hydrogen-bond donors (Lipinski definition) is 3. The lowest BCUT2D eigenvalue weighted by Crippen LogP contribution is -2.06. The summed E-state index contributed by atoms with van der Waals surface area (Å²) in [4.78, 5) is 26.1. The molecule has 174 valence electrons. The lowest BCUT2D eigenvalue weighted by molar-refractivity contribution is 0.164. The highest BCUT2D eigenvalue weighted by molar-refractivity contribution is 7.75. The van der Waals surface area contributed by atoms with E-state index in [1.54, 1.807) is 61.1 Å². The third kappa shape index (κ3) is 6.15. The van der Waals surface area contributed by atoms with Crippen molar-refractivity contribution < 1.29 is 13.7 Å². The molecule has 4 rings (SSSR count). The van der Waals surface area contributed by atoms with Gasteiger partial charge in [0.05, 0.1) is 22.8 Å². The molecule has 0 radical (unpaired) electrons. The minimum Gasteiger partial charge on any atom is -0.448 e. The number of carbonyl (C=O) groups excluding carboxylic acids is 1. The Bertz CT molecular complexity index is 1320. The third-order valence-corrected chi connectivity index (χ3v) is 6.56. The largest absolute Gasteiger partial charge is 0.448 e. The Labute approximate surface area is 202 Å². The summed E-state index contributed by atoms with van der Waals surface area (Å²) in [5.74, 6) is 1.11. The lowest BCUT2D eigenvalue weighted by atomic mass is 10.2. The van der Waals surface area contributed by atoms with Crippen LogP contribution >= 0.6 is 11.3 Å². The van der Waals surface area contributed by atoms with E-state index < -0.39 is 16.7 Å². The Kier molecular flexibility index (Phi) is 7.79. The van der Waals surface area contributed by atoms with Crippen molar-refractivity contribution >= 4 is 45.5 Å². The van der Waals surface area contributed by atoms with Gasteiger partial charge in [0.25, 0.3) is 0 Å². The smallest absolute Gasteiger partial charge is 0.441 e. The molecule has 4 aromatic rings. The predicted molar refractivity (Wildman–Crippen MR) is 134 cm³/mol. The van der Waals surface area contributed by atoms with Crippen LogP contribution in [0, 0.1) is 0 Å². The summed E-state index contributed by atoms with van der Waals surface area (Å²) < 4.78 is 20.4. The summed E-state index contributed by atoms with van der Waals surface area (Å²) in [6, 6.07) is 14.6.